The lowest BCUT2D eigenvalue weighted by Gasteiger charge is -2.42. The van der Waals surface area contributed by atoms with Gasteiger partial charge >= 0.3 is 5.97 Å². The van der Waals surface area contributed by atoms with Crippen LogP contribution in [0.2, 0.25) is 5.02 Å². The van der Waals surface area contributed by atoms with Gasteiger partial charge in [0.05, 0.1) is 16.4 Å². The van der Waals surface area contributed by atoms with Crippen LogP contribution in [0.5, 0.6) is 0 Å². The SMILES string of the molecule is CC(=O)OCC(C)(C)C(=O)N(C1CCCCC1)[C@H]1CCN(C(=O)[C@@H](Cc2ccc(Cl)cc2)NS(=O)(=O)c2cccc(C)c2[N+](=O)[O-])C1. The van der Waals surface area contributed by atoms with Gasteiger partial charge in [-0.15, -0.1) is 0 Å². The second kappa shape index (κ2) is 15.1. The van der Waals surface area contributed by atoms with E-state index in [4.69, 9.17) is 16.3 Å². The standard InChI is InChI=1S/C33H43ClN4O8S/c1-22-9-8-12-29(30(22)38(42)43)47(44,45)35-28(19-24-13-15-25(34)16-14-24)31(40)36-18-17-27(20-36)37(26-10-6-5-7-11-26)32(41)33(3,4)21-46-23(2)39/h8-9,12-16,26-28,35H,5-7,10-11,17-21H2,1-4H3/t27-,28+/m0/s1. The van der Waals surface area contributed by atoms with Crippen LogP contribution in [0, 0.1) is 22.5 Å². The van der Waals surface area contributed by atoms with Crippen molar-refractivity contribution in [1.82, 2.24) is 14.5 Å². The highest BCUT2D eigenvalue weighted by Crippen LogP contribution is 2.33. The van der Waals surface area contributed by atoms with Crippen LogP contribution in [-0.2, 0) is 35.6 Å². The van der Waals surface area contributed by atoms with Crippen LogP contribution in [0.3, 0.4) is 0 Å². The summed E-state index contributed by atoms with van der Waals surface area (Å²) in [6.07, 6.45) is 5.14. The highest BCUT2D eigenvalue weighted by Gasteiger charge is 2.44. The monoisotopic (exact) mass is 690 g/mol. The molecule has 2 fully saturated rings. The van der Waals surface area contributed by atoms with Crippen molar-refractivity contribution in [2.24, 2.45) is 5.41 Å². The molecule has 4 rings (SSSR count). The molecule has 2 aromatic rings. The third-order valence-corrected chi connectivity index (χ3v) is 10.7. The van der Waals surface area contributed by atoms with Gasteiger partial charge in [-0.1, -0.05) is 55.1 Å². The smallest absolute Gasteiger partial charge is 0.302 e. The first-order valence-corrected chi connectivity index (χ1v) is 17.7. The van der Waals surface area contributed by atoms with E-state index in [1.807, 2.05) is 4.90 Å². The lowest BCUT2D eigenvalue weighted by atomic mass is 9.87. The molecule has 47 heavy (non-hydrogen) atoms. The topological polar surface area (TPSA) is 156 Å². The van der Waals surface area contributed by atoms with Crippen LogP contribution in [-0.4, -0.2) is 78.7 Å². The van der Waals surface area contributed by atoms with E-state index < -0.39 is 48.9 Å². The van der Waals surface area contributed by atoms with Gasteiger partial charge < -0.3 is 14.5 Å². The molecule has 1 saturated carbocycles. The summed E-state index contributed by atoms with van der Waals surface area (Å²) in [5, 5.41) is 12.3. The molecular formula is C33H43ClN4O8S. The van der Waals surface area contributed by atoms with Gasteiger partial charge in [0.25, 0.3) is 5.69 Å². The second-order valence-electron chi connectivity index (χ2n) is 13.1. The molecule has 2 aromatic carbocycles. The molecule has 2 atom stereocenters. The summed E-state index contributed by atoms with van der Waals surface area (Å²) in [5.41, 5.74) is -0.742. The van der Waals surface area contributed by atoms with Gasteiger partial charge in [0.15, 0.2) is 4.90 Å². The van der Waals surface area contributed by atoms with Crippen molar-refractivity contribution in [3.63, 3.8) is 0 Å². The highest BCUT2D eigenvalue weighted by atomic mass is 35.5. The zero-order valence-corrected chi connectivity index (χ0v) is 28.8. The summed E-state index contributed by atoms with van der Waals surface area (Å²) < 4.78 is 35.0. The number of halogens is 1. The van der Waals surface area contributed by atoms with Crippen LogP contribution < -0.4 is 4.72 Å². The Kier molecular flexibility index (Phi) is 11.7. The first-order chi connectivity index (χ1) is 22.1. The highest BCUT2D eigenvalue weighted by molar-refractivity contribution is 7.89. The Morgan fingerprint density at radius 1 is 1.09 bits per heavy atom. The van der Waals surface area contributed by atoms with E-state index in [-0.39, 0.29) is 49.7 Å². The van der Waals surface area contributed by atoms with Crippen molar-refractivity contribution < 1.29 is 32.5 Å². The largest absolute Gasteiger partial charge is 0.465 e. The number of nitro groups is 1. The minimum absolute atomic E-state index is 0.0295. The van der Waals surface area contributed by atoms with Gasteiger partial charge in [0.2, 0.25) is 21.8 Å². The van der Waals surface area contributed by atoms with E-state index in [9.17, 15) is 32.9 Å². The van der Waals surface area contributed by atoms with Crippen LogP contribution in [0.25, 0.3) is 0 Å². The fraction of sp³-hybridized carbons (Fsp3) is 0.545. The van der Waals surface area contributed by atoms with Gasteiger partial charge in [0.1, 0.15) is 12.6 Å². The minimum Gasteiger partial charge on any atom is -0.465 e. The van der Waals surface area contributed by atoms with Crippen molar-refractivity contribution in [2.75, 3.05) is 19.7 Å². The number of para-hydroxylation sites is 1. The zero-order chi connectivity index (χ0) is 34.5. The molecule has 0 unspecified atom stereocenters. The molecule has 1 aliphatic heterocycles. The van der Waals surface area contributed by atoms with Gasteiger partial charge in [-0.05, 0) is 70.2 Å². The van der Waals surface area contributed by atoms with E-state index in [1.54, 1.807) is 43.0 Å². The number of nitrogens with zero attached hydrogens (tertiary/aromatic N) is 3. The Labute approximate surface area is 281 Å². The fourth-order valence-corrected chi connectivity index (χ4v) is 8.00. The number of rotatable bonds is 12. The Hall–Kier alpha value is -3.55. The van der Waals surface area contributed by atoms with Crippen molar-refractivity contribution in [1.29, 1.82) is 0 Å². The maximum absolute atomic E-state index is 14.2. The number of benzene rings is 2. The summed E-state index contributed by atoms with van der Waals surface area (Å²) >= 11 is 6.06. The van der Waals surface area contributed by atoms with Gasteiger partial charge in [0, 0.05) is 36.6 Å². The molecule has 1 aliphatic carbocycles. The summed E-state index contributed by atoms with van der Waals surface area (Å²) in [7, 11) is -4.52. The number of hydrogen-bond donors (Lipinski definition) is 1. The predicted octanol–water partition coefficient (Wildman–Crippen LogP) is 4.80. The molecule has 2 aliphatic rings. The molecule has 0 radical (unpaired) electrons. The maximum atomic E-state index is 14.2. The molecule has 256 valence electrons. The summed E-state index contributed by atoms with van der Waals surface area (Å²) in [6, 6.07) is 9.01. The molecule has 0 aromatic heterocycles. The summed E-state index contributed by atoms with van der Waals surface area (Å²) in [5.74, 6) is -1.13. The number of sulfonamides is 1. The lowest BCUT2D eigenvalue weighted by molar-refractivity contribution is -0.388. The number of carbonyl (C=O) groups is 3. The lowest BCUT2D eigenvalue weighted by Crippen LogP contribution is -2.55. The van der Waals surface area contributed by atoms with E-state index in [0.717, 1.165) is 38.2 Å². The van der Waals surface area contributed by atoms with Crippen LogP contribution in [0.1, 0.15) is 70.4 Å². The Balaban J connectivity index is 1.63. The average Bonchev–Trinajstić information content (AvgIpc) is 3.50. The van der Waals surface area contributed by atoms with E-state index in [2.05, 4.69) is 4.72 Å². The van der Waals surface area contributed by atoms with E-state index >= 15 is 0 Å². The molecular weight excluding hydrogens is 648 g/mol. The third kappa shape index (κ3) is 8.88. The normalized spacial score (nSPS) is 18.1. The van der Waals surface area contributed by atoms with Crippen LogP contribution >= 0.6 is 11.6 Å². The quantitative estimate of drug-likeness (QED) is 0.189. The number of nitrogens with one attached hydrogen (secondary N) is 1. The molecule has 14 heteroatoms. The molecule has 2 amide bonds. The minimum atomic E-state index is -4.52. The summed E-state index contributed by atoms with van der Waals surface area (Å²) in [6.45, 7) is 6.63. The van der Waals surface area contributed by atoms with Gasteiger partial charge in [-0.2, -0.15) is 4.72 Å². The first kappa shape index (κ1) is 36.3. The number of carbonyl (C=O) groups excluding carboxylic acids is 3. The molecule has 0 bridgehead atoms. The average molecular weight is 691 g/mol. The predicted molar refractivity (Wildman–Crippen MR) is 176 cm³/mol. The Morgan fingerprint density at radius 3 is 2.36 bits per heavy atom. The fourth-order valence-electron chi connectivity index (χ4n) is 6.44. The van der Waals surface area contributed by atoms with Crippen molar-refractivity contribution in [3.8, 4) is 0 Å². The maximum Gasteiger partial charge on any atom is 0.302 e. The molecule has 1 N–H and O–H groups in total. The van der Waals surface area contributed by atoms with Crippen molar-refractivity contribution >= 4 is 45.1 Å². The van der Waals surface area contributed by atoms with E-state index in [0.29, 0.717) is 17.0 Å². The third-order valence-electron chi connectivity index (χ3n) is 8.91. The first-order valence-electron chi connectivity index (χ1n) is 15.9. The number of esters is 1. The number of likely N-dealkylation sites (tertiary alicyclic amines) is 1. The molecule has 12 nitrogen and oxygen atoms in total. The second-order valence-corrected chi connectivity index (χ2v) is 15.2. The summed E-state index contributed by atoms with van der Waals surface area (Å²) in [4.78, 5) is 53.8. The van der Waals surface area contributed by atoms with Crippen molar-refractivity contribution in [2.45, 2.75) is 95.7 Å². The molecule has 1 heterocycles. The van der Waals surface area contributed by atoms with Crippen LogP contribution in [0.4, 0.5) is 5.69 Å². The molecule has 1 saturated heterocycles. The number of amides is 2. The number of nitro benzene ring substituents is 1. The number of ether oxygens (including phenoxy) is 1. The van der Waals surface area contributed by atoms with Crippen molar-refractivity contribution in [3.05, 3.63) is 68.7 Å². The molecule has 0 spiro atoms. The Bertz CT molecular complexity index is 1590. The van der Waals surface area contributed by atoms with Crippen LogP contribution in [0.15, 0.2) is 47.4 Å². The number of hydrogen-bond acceptors (Lipinski definition) is 8. The Morgan fingerprint density at radius 2 is 1.74 bits per heavy atom. The van der Waals surface area contributed by atoms with Gasteiger partial charge in [-0.25, -0.2) is 8.42 Å². The zero-order valence-electron chi connectivity index (χ0n) is 27.2. The van der Waals surface area contributed by atoms with Gasteiger partial charge in [-0.3, -0.25) is 24.5 Å². The number of aryl methyl sites for hydroxylation is 1. The van der Waals surface area contributed by atoms with E-state index in [1.165, 1.54) is 26.0 Å².